The Labute approximate surface area is 96.6 Å². The molecule has 2 N–H and O–H groups in total. The number of anilines is 1. The van der Waals surface area contributed by atoms with Crippen LogP contribution < -0.4 is 14.8 Å². The molecule has 0 aromatic carbocycles. The van der Waals surface area contributed by atoms with Crippen LogP contribution in [0.5, 0.6) is 11.8 Å². The number of aliphatic hydroxyl groups excluding tert-OH is 1. The number of nitrogens with zero attached hydrogens (tertiary/aromatic N) is 3. The maximum absolute atomic E-state index is 10.8. The van der Waals surface area contributed by atoms with Gasteiger partial charge in [0.25, 0.3) is 0 Å². The second-order valence-corrected chi connectivity index (χ2v) is 2.82. The van der Waals surface area contributed by atoms with Crippen molar-refractivity contribution >= 4 is 11.6 Å². The van der Waals surface area contributed by atoms with Crippen molar-refractivity contribution in [3.63, 3.8) is 0 Å². The first-order valence-electron chi connectivity index (χ1n) is 4.63. The van der Waals surface area contributed by atoms with Gasteiger partial charge in [-0.1, -0.05) is 0 Å². The molecule has 0 aliphatic heterocycles. The number of nitro groups is 1. The molecule has 0 unspecified atom stereocenters. The molecule has 9 heteroatoms. The van der Waals surface area contributed by atoms with Gasteiger partial charge in [0.15, 0.2) is 0 Å². The summed E-state index contributed by atoms with van der Waals surface area (Å²) in [6.07, 6.45) is 0. The number of aromatic nitrogens is 2. The summed E-state index contributed by atoms with van der Waals surface area (Å²) in [6.45, 7) is 0.0924. The fourth-order valence-corrected chi connectivity index (χ4v) is 1.10. The minimum absolute atomic E-state index is 0.0818. The van der Waals surface area contributed by atoms with Gasteiger partial charge < -0.3 is 19.9 Å². The van der Waals surface area contributed by atoms with Gasteiger partial charge in [0.05, 0.1) is 25.7 Å². The van der Waals surface area contributed by atoms with Gasteiger partial charge in [-0.2, -0.15) is 9.97 Å². The summed E-state index contributed by atoms with van der Waals surface area (Å²) < 4.78 is 9.59. The lowest BCUT2D eigenvalue weighted by Crippen LogP contribution is -2.11. The predicted octanol–water partition coefficient (Wildman–Crippen LogP) is -0.194. The maximum atomic E-state index is 10.8. The molecule has 0 amide bonds. The van der Waals surface area contributed by atoms with Gasteiger partial charge in [-0.3, -0.25) is 10.1 Å². The Balaban J connectivity index is 3.19. The zero-order valence-corrected chi connectivity index (χ0v) is 9.34. The van der Waals surface area contributed by atoms with Crippen molar-refractivity contribution in [1.29, 1.82) is 0 Å². The molecule has 1 aromatic rings. The highest BCUT2D eigenvalue weighted by Gasteiger charge is 2.26. The van der Waals surface area contributed by atoms with Crippen LogP contribution in [-0.4, -0.2) is 47.4 Å². The molecule has 17 heavy (non-hydrogen) atoms. The normalized spacial score (nSPS) is 9.82. The summed E-state index contributed by atoms with van der Waals surface area (Å²) in [7, 11) is 2.51. The largest absolute Gasteiger partial charge is 0.476 e. The van der Waals surface area contributed by atoms with Crippen LogP contribution in [0.25, 0.3) is 0 Å². The average Bonchev–Trinajstić information content (AvgIpc) is 2.34. The lowest BCUT2D eigenvalue weighted by Gasteiger charge is -2.08. The van der Waals surface area contributed by atoms with E-state index >= 15 is 0 Å². The van der Waals surface area contributed by atoms with E-state index in [2.05, 4.69) is 15.3 Å². The molecule has 1 aromatic heterocycles. The first-order chi connectivity index (χ1) is 8.13. The number of methoxy groups -OCH3 is 2. The van der Waals surface area contributed by atoms with Crippen LogP contribution in [0.1, 0.15) is 0 Å². The average molecular weight is 244 g/mol. The minimum atomic E-state index is -0.687. The van der Waals surface area contributed by atoms with E-state index < -0.39 is 10.6 Å². The molecule has 0 saturated carbocycles. The van der Waals surface area contributed by atoms with Crippen molar-refractivity contribution < 1.29 is 19.5 Å². The van der Waals surface area contributed by atoms with Gasteiger partial charge in [-0.25, -0.2) is 0 Å². The molecule has 0 radical (unpaired) electrons. The van der Waals surface area contributed by atoms with Crippen molar-refractivity contribution in [2.24, 2.45) is 0 Å². The van der Waals surface area contributed by atoms with E-state index in [-0.39, 0.29) is 30.9 Å². The molecule has 0 fully saturated rings. The lowest BCUT2D eigenvalue weighted by molar-refractivity contribution is -0.387. The van der Waals surface area contributed by atoms with Crippen molar-refractivity contribution in [3.8, 4) is 11.8 Å². The number of nitrogens with one attached hydrogen (secondary N) is 1. The van der Waals surface area contributed by atoms with Crippen LogP contribution >= 0.6 is 0 Å². The minimum Gasteiger partial charge on any atom is -0.476 e. The molecule has 1 heterocycles. The van der Waals surface area contributed by atoms with E-state index in [9.17, 15) is 10.1 Å². The van der Waals surface area contributed by atoms with Crippen LogP contribution in [0.2, 0.25) is 0 Å². The van der Waals surface area contributed by atoms with Crippen molar-refractivity contribution in [2.75, 3.05) is 32.7 Å². The van der Waals surface area contributed by atoms with Crippen LogP contribution in [0, 0.1) is 10.1 Å². The Bertz CT molecular complexity index is 386. The van der Waals surface area contributed by atoms with Crippen molar-refractivity contribution in [3.05, 3.63) is 10.1 Å². The van der Waals surface area contributed by atoms with Crippen molar-refractivity contribution in [1.82, 2.24) is 9.97 Å². The second kappa shape index (κ2) is 5.80. The summed E-state index contributed by atoms with van der Waals surface area (Å²) in [6, 6.07) is 0. The van der Waals surface area contributed by atoms with E-state index in [0.717, 1.165) is 0 Å². The molecule has 0 bridgehead atoms. The van der Waals surface area contributed by atoms with Gasteiger partial charge >= 0.3 is 17.4 Å². The third-order valence-electron chi connectivity index (χ3n) is 1.78. The molecule has 0 aliphatic carbocycles. The van der Waals surface area contributed by atoms with E-state index in [1.54, 1.807) is 0 Å². The molecule has 1 rings (SSSR count). The van der Waals surface area contributed by atoms with E-state index in [0.29, 0.717) is 0 Å². The topological polar surface area (TPSA) is 120 Å². The summed E-state index contributed by atoms with van der Waals surface area (Å²) in [5.41, 5.74) is -0.440. The summed E-state index contributed by atoms with van der Waals surface area (Å²) in [5.74, 6) is -0.331. The standard InChI is InChI=1S/C8H12N4O5/c1-16-6-5(12(14)15)7(17-2)11-8(10-6)9-3-4-13/h13H,3-4H2,1-2H3,(H,9,10,11). The molecule has 0 saturated heterocycles. The van der Waals surface area contributed by atoms with Crippen molar-refractivity contribution in [2.45, 2.75) is 0 Å². The molecule has 0 atom stereocenters. The van der Waals surface area contributed by atoms with Gasteiger partial charge in [0.2, 0.25) is 5.95 Å². The smallest absolute Gasteiger partial charge is 0.392 e. The summed E-state index contributed by atoms with van der Waals surface area (Å²) in [4.78, 5) is 17.7. The zero-order chi connectivity index (χ0) is 12.8. The Morgan fingerprint density at radius 2 is 1.88 bits per heavy atom. The first-order valence-corrected chi connectivity index (χ1v) is 4.63. The maximum Gasteiger partial charge on any atom is 0.392 e. The fourth-order valence-electron chi connectivity index (χ4n) is 1.10. The van der Waals surface area contributed by atoms with Crippen LogP contribution in [-0.2, 0) is 0 Å². The van der Waals surface area contributed by atoms with Gasteiger partial charge in [-0.15, -0.1) is 0 Å². The molecule has 0 spiro atoms. The first kappa shape index (κ1) is 12.9. The number of rotatable bonds is 6. The zero-order valence-electron chi connectivity index (χ0n) is 9.34. The van der Waals surface area contributed by atoms with E-state index in [4.69, 9.17) is 14.6 Å². The van der Waals surface area contributed by atoms with Gasteiger partial charge in [0.1, 0.15) is 0 Å². The third kappa shape index (κ3) is 2.91. The highest BCUT2D eigenvalue weighted by molar-refractivity contribution is 5.53. The van der Waals surface area contributed by atoms with Crippen LogP contribution in [0.3, 0.4) is 0 Å². The predicted molar refractivity (Wildman–Crippen MR) is 57.4 cm³/mol. The van der Waals surface area contributed by atoms with Gasteiger partial charge in [-0.05, 0) is 0 Å². The highest BCUT2D eigenvalue weighted by Crippen LogP contribution is 2.34. The summed E-state index contributed by atoms with van der Waals surface area (Å²) in [5, 5.41) is 22.1. The Hall–Kier alpha value is -2.16. The third-order valence-corrected chi connectivity index (χ3v) is 1.78. The number of ether oxygens (including phenoxy) is 2. The van der Waals surface area contributed by atoms with Gasteiger partial charge in [0, 0.05) is 6.54 Å². The molecular formula is C8H12N4O5. The number of hydrogen-bond donors (Lipinski definition) is 2. The monoisotopic (exact) mass is 244 g/mol. The summed E-state index contributed by atoms with van der Waals surface area (Å²) >= 11 is 0. The fraction of sp³-hybridized carbons (Fsp3) is 0.500. The molecular weight excluding hydrogens is 232 g/mol. The number of hydrogen-bond acceptors (Lipinski definition) is 8. The molecule has 94 valence electrons. The molecule has 9 nitrogen and oxygen atoms in total. The quantitative estimate of drug-likeness (QED) is 0.521. The van der Waals surface area contributed by atoms with Crippen LogP contribution in [0.15, 0.2) is 0 Å². The number of aliphatic hydroxyl groups is 1. The SMILES string of the molecule is COc1nc(NCCO)nc(OC)c1[N+](=O)[O-]. The Kier molecular flexibility index (Phi) is 4.40. The molecule has 0 aliphatic rings. The Morgan fingerprint density at radius 1 is 1.35 bits per heavy atom. The lowest BCUT2D eigenvalue weighted by atomic mass is 10.5. The second-order valence-electron chi connectivity index (χ2n) is 2.82. The Morgan fingerprint density at radius 3 is 2.24 bits per heavy atom. The van der Waals surface area contributed by atoms with E-state index in [1.165, 1.54) is 14.2 Å². The highest BCUT2D eigenvalue weighted by atomic mass is 16.6. The van der Waals surface area contributed by atoms with Crippen LogP contribution in [0.4, 0.5) is 11.6 Å². The van der Waals surface area contributed by atoms with E-state index in [1.807, 2.05) is 0 Å².